The van der Waals surface area contributed by atoms with Crippen LogP contribution in [0.1, 0.15) is 51.9 Å². The fourth-order valence-corrected chi connectivity index (χ4v) is 3.40. The molecule has 110 valence electrons. The van der Waals surface area contributed by atoms with Gasteiger partial charge in [-0.1, -0.05) is 13.3 Å². The van der Waals surface area contributed by atoms with Gasteiger partial charge in [-0.05, 0) is 63.5 Å². The molecule has 0 aromatic carbocycles. The molecule has 2 aliphatic carbocycles. The summed E-state index contributed by atoms with van der Waals surface area (Å²) in [5, 5.41) is 9.33. The molecule has 0 aromatic rings. The Bertz CT molecular complexity index is 317. The Kier molecular flexibility index (Phi) is 4.85. The number of carboxylic acid groups (broad SMARTS) is 1. The third-order valence-corrected chi connectivity index (χ3v) is 4.82. The molecule has 2 atom stereocenters. The summed E-state index contributed by atoms with van der Waals surface area (Å²) >= 11 is 0. The highest BCUT2D eigenvalue weighted by molar-refractivity contribution is 5.79. The van der Waals surface area contributed by atoms with Gasteiger partial charge < -0.3 is 15.7 Å². The molecule has 0 heterocycles. The van der Waals surface area contributed by atoms with Crippen LogP contribution in [0.25, 0.3) is 0 Å². The average Bonchev–Trinajstić information content (AvgIpc) is 3.09. The van der Waals surface area contributed by atoms with Gasteiger partial charge in [0.1, 0.15) is 5.54 Å². The zero-order chi connectivity index (χ0) is 13.9. The minimum atomic E-state index is -0.961. The first-order valence-corrected chi connectivity index (χ1v) is 7.81. The lowest BCUT2D eigenvalue weighted by Crippen LogP contribution is -2.51. The second kappa shape index (κ2) is 6.23. The molecule has 4 heteroatoms. The second-order valence-corrected chi connectivity index (χ2v) is 6.47. The van der Waals surface area contributed by atoms with Crippen molar-refractivity contribution in [1.29, 1.82) is 0 Å². The molecular formula is C15H28N2O2. The molecular weight excluding hydrogens is 240 g/mol. The molecule has 2 rings (SSSR count). The van der Waals surface area contributed by atoms with Crippen molar-refractivity contribution in [2.45, 2.75) is 57.4 Å². The van der Waals surface area contributed by atoms with E-state index < -0.39 is 11.5 Å². The molecule has 0 saturated heterocycles. The Hall–Kier alpha value is -0.610. The standard InChI is InChI=1S/C15H28N2O2/c1-2-9-17(11-12-5-6-12)10-7-13-4-3-8-15(13,16)14(18)19/h12-13H,2-11,16H2,1H3,(H,18,19). The highest BCUT2D eigenvalue weighted by Gasteiger charge is 2.45. The summed E-state index contributed by atoms with van der Waals surface area (Å²) in [5.74, 6) is 0.250. The van der Waals surface area contributed by atoms with E-state index in [1.54, 1.807) is 0 Å². The molecule has 0 radical (unpaired) electrons. The fraction of sp³-hybridized carbons (Fsp3) is 0.933. The minimum absolute atomic E-state index is 0.156. The zero-order valence-corrected chi connectivity index (χ0v) is 12.1. The van der Waals surface area contributed by atoms with E-state index in [2.05, 4.69) is 11.8 Å². The molecule has 0 bridgehead atoms. The van der Waals surface area contributed by atoms with Crippen LogP contribution in [-0.4, -0.2) is 41.1 Å². The van der Waals surface area contributed by atoms with Gasteiger partial charge in [0.15, 0.2) is 0 Å². The van der Waals surface area contributed by atoms with Crippen molar-refractivity contribution in [3.63, 3.8) is 0 Å². The Balaban J connectivity index is 1.83. The number of hydrogen-bond acceptors (Lipinski definition) is 3. The monoisotopic (exact) mass is 268 g/mol. The quantitative estimate of drug-likeness (QED) is 0.707. The topological polar surface area (TPSA) is 66.6 Å². The first-order chi connectivity index (χ1) is 9.06. The molecule has 3 N–H and O–H groups in total. The van der Waals surface area contributed by atoms with E-state index in [1.807, 2.05) is 0 Å². The molecule has 0 spiro atoms. The number of nitrogens with zero attached hydrogens (tertiary/aromatic N) is 1. The molecule has 2 unspecified atom stereocenters. The molecule has 0 aromatic heterocycles. The van der Waals surface area contributed by atoms with Crippen LogP contribution in [0.3, 0.4) is 0 Å². The Morgan fingerprint density at radius 3 is 2.68 bits per heavy atom. The highest BCUT2D eigenvalue weighted by Crippen LogP contribution is 2.37. The van der Waals surface area contributed by atoms with Crippen molar-refractivity contribution >= 4 is 5.97 Å². The zero-order valence-electron chi connectivity index (χ0n) is 12.1. The third kappa shape index (κ3) is 3.69. The van der Waals surface area contributed by atoms with E-state index in [0.29, 0.717) is 6.42 Å². The highest BCUT2D eigenvalue weighted by atomic mass is 16.4. The van der Waals surface area contributed by atoms with Crippen LogP contribution >= 0.6 is 0 Å². The lowest BCUT2D eigenvalue weighted by atomic mass is 9.85. The number of aliphatic carboxylic acids is 1. The maximum absolute atomic E-state index is 11.4. The van der Waals surface area contributed by atoms with E-state index in [-0.39, 0.29) is 5.92 Å². The normalized spacial score (nSPS) is 31.0. The fourth-order valence-electron chi connectivity index (χ4n) is 3.40. The SMILES string of the molecule is CCCN(CCC1CCCC1(N)C(=O)O)CC1CC1. The van der Waals surface area contributed by atoms with Crippen molar-refractivity contribution in [3.05, 3.63) is 0 Å². The van der Waals surface area contributed by atoms with Gasteiger partial charge in [0.05, 0.1) is 0 Å². The van der Waals surface area contributed by atoms with Crippen molar-refractivity contribution in [1.82, 2.24) is 4.90 Å². The second-order valence-electron chi connectivity index (χ2n) is 6.47. The largest absolute Gasteiger partial charge is 0.480 e. The molecule has 2 fully saturated rings. The first kappa shape index (κ1) is 14.8. The van der Waals surface area contributed by atoms with Crippen LogP contribution in [0.15, 0.2) is 0 Å². The number of carboxylic acids is 1. The summed E-state index contributed by atoms with van der Waals surface area (Å²) in [7, 11) is 0. The van der Waals surface area contributed by atoms with Crippen molar-refractivity contribution < 1.29 is 9.90 Å². The number of hydrogen-bond donors (Lipinski definition) is 2. The molecule has 2 saturated carbocycles. The predicted molar refractivity (Wildman–Crippen MR) is 76.0 cm³/mol. The van der Waals surface area contributed by atoms with Crippen molar-refractivity contribution in [2.24, 2.45) is 17.6 Å². The Morgan fingerprint density at radius 1 is 1.37 bits per heavy atom. The maximum Gasteiger partial charge on any atom is 0.323 e. The number of nitrogens with two attached hydrogens (primary N) is 1. The van der Waals surface area contributed by atoms with E-state index >= 15 is 0 Å². The van der Waals surface area contributed by atoms with E-state index in [1.165, 1.54) is 25.8 Å². The molecule has 0 amide bonds. The summed E-state index contributed by atoms with van der Waals surface area (Å²) in [6.07, 6.45) is 7.44. The van der Waals surface area contributed by atoms with Crippen molar-refractivity contribution in [2.75, 3.05) is 19.6 Å². The van der Waals surface area contributed by atoms with Gasteiger partial charge in [0, 0.05) is 6.54 Å². The minimum Gasteiger partial charge on any atom is -0.480 e. The molecule has 19 heavy (non-hydrogen) atoms. The number of rotatable bonds is 8. The van der Waals surface area contributed by atoms with Gasteiger partial charge in [-0.3, -0.25) is 4.79 Å². The summed E-state index contributed by atoms with van der Waals surface area (Å²) in [4.78, 5) is 13.9. The summed E-state index contributed by atoms with van der Waals surface area (Å²) in [5.41, 5.74) is 5.14. The van der Waals surface area contributed by atoms with Crippen molar-refractivity contribution in [3.8, 4) is 0 Å². The smallest absolute Gasteiger partial charge is 0.323 e. The predicted octanol–water partition coefficient (Wildman–Crippen LogP) is 2.08. The lowest BCUT2D eigenvalue weighted by Gasteiger charge is -2.29. The average molecular weight is 268 g/mol. The summed E-state index contributed by atoms with van der Waals surface area (Å²) in [6.45, 7) is 5.56. The molecule has 4 nitrogen and oxygen atoms in total. The van der Waals surface area contributed by atoms with Gasteiger partial charge in [-0.15, -0.1) is 0 Å². The van der Waals surface area contributed by atoms with Gasteiger partial charge >= 0.3 is 5.97 Å². The Labute approximate surface area is 116 Å². The third-order valence-electron chi connectivity index (χ3n) is 4.82. The van der Waals surface area contributed by atoms with E-state index in [4.69, 9.17) is 5.73 Å². The lowest BCUT2D eigenvalue weighted by molar-refractivity contribution is -0.144. The van der Waals surface area contributed by atoms with Crippen LogP contribution < -0.4 is 5.73 Å². The van der Waals surface area contributed by atoms with Crippen LogP contribution in [-0.2, 0) is 4.79 Å². The van der Waals surface area contributed by atoms with Crippen LogP contribution in [0, 0.1) is 11.8 Å². The molecule has 0 aliphatic heterocycles. The van der Waals surface area contributed by atoms with Crippen LogP contribution in [0.4, 0.5) is 0 Å². The van der Waals surface area contributed by atoms with E-state index in [9.17, 15) is 9.90 Å². The van der Waals surface area contributed by atoms with Gasteiger partial charge in [-0.2, -0.15) is 0 Å². The van der Waals surface area contributed by atoms with Crippen LogP contribution in [0.2, 0.25) is 0 Å². The summed E-state index contributed by atoms with van der Waals surface area (Å²) in [6, 6.07) is 0. The summed E-state index contributed by atoms with van der Waals surface area (Å²) < 4.78 is 0. The Morgan fingerprint density at radius 2 is 2.11 bits per heavy atom. The van der Waals surface area contributed by atoms with Crippen LogP contribution in [0.5, 0.6) is 0 Å². The number of carbonyl (C=O) groups is 1. The first-order valence-electron chi connectivity index (χ1n) is 7.81. The maximum atomic E-state index is 11.4. The molecule has 2 aliphatic rings. The van der Waals surface area contributed by atoms with Gasteiger partial charge in [-0.25, -0.2) is 0 Å². The van der Waals surface area contributed by atoms with Gasteiger partial charge in [0.25, 0.3) is 0 Å². The van der Waals surface area contributed by atoms with E-state index in [0.717, 1.165) is 38.3 Å². The van der Waals surface area contributed by atoms with Gasteiger partial charge in [0.2, 0.25) is 0 Å².